The third-order valence-corrected chi connectivity index (χ3v) is 3.75. The summed E-state index contributed by atoms with van der Waals surface area (Å²) in [6.45, 7) is 1.81. The summed E-state index contributed by atoms with van der Waals surface area (Å²) in [5.74, 6) is -0.464. The summed E-state index contributed by atoms with van der Waals surface area (Å²) in [6.07, 6.45) is 0. The zero-order valence-electron chi connectivity index (χ0n) is 11.0. The molecule has 0 heterocycles. The van der Waals surface area contributed by atoms with Gasteiger partial charge in [0, 0.05) is 16.3 Å². The lowest BCUT2D eigenvalue weighted by molar-refractivity contribution is -0.115. The Balaban J connectivity index is 1.96. The Morgan fingerprint density at radius 1 is 1.25 bits per heavy atom. The number of nitrogens with two attached hydrogens (primary N) is 1. The highest BCUT2D eigenvalue weighted by Crippen LogP contribution is 2.25. The average molecular weight is 290 g/mol. The minimum Gasteiger partial charge on any atom is -0.399 e. The maximum Gasteiger partial charge on any atom is 0.237 e. The summed E-state index contributed by atoms with van der Waals surface area (Å²) < 4.78 is 12.8. The third-order valence-electron chi connectivity index (χ3n) is 2.65. The summed E-state index contributed by atoms with van der Waals surface area (Å²) in [4.78, 5) is 13.0. The summed E-state index contributed by atoms with van der Waals surface area (Å²) in [6, 6.07) is 13.1. The standard InChI is InChI=1S/C15H15FN2OS/c1-10(20-14-4-2-3-12(17)9-14)15(19)18-13-7-5-11(16)6-8-13/h2-10H,17H2,1H3,(H,18,19). The molecule has 0 fully saturated rings. The van der Waals surface area contributed by atoms with Crippen LogP contribution in [0.4, 0.5) is 15.8 Å². The number of nitrogen functional groups attached to an aromatic ring is 1. The molecule has 0 aliphatic carbocycles. The monoisotopic (exact) mass is 290 g/mol. The van der Waals surface area contributed by atoms with Crippen LogP contribution < -0.4 is 11.1 Å². The largest absolute Gasteiger partial charge is 0.399 e. The number of hydrogen-bond acceptors (Lipinski definition) is 3. The van der Waals surface area contributed by atoms with Crippen LogP contribution in [0.15, 0.2) is 53.4 Å². The summed E-state index contributed by atoms with van der Waals surface area (Å²) >= 11 is 1.42. The Kier molecular flexibility index (Phi) is 4.63. The van der Waals surface area contributed by atoms with Crippen LogP contribution in [0.5, 0.6) is 0 Å². The Morgan fingerprint density at radius 3 is 2.60 bits per heavy atom. The number of thioether (sulfide) groups is 1. The first kappa shape index (κ1) is 14.4. The van der Waals surface area contributed by atoms with Crippen LogP contribution in [0.1, 0.15) is 6.92 Å². The van der Waals surface area contributed by atoms with E-state index in [1.54, 1.807) is 6.07 Å². The first-order valence-corrected chi connectivity index (χ1v) is 7.01. The molecule has 104 valence electrons. The molecule has 5 heteroatoms. The lowest BCUT2D eigenvalue weighted by atomic mass is 10.3. The molecule has 1 unspecified atom stereocenters. The second kappa shape index (κ2) is 6.43. The van der Waals surface area contributed by atoms with Crippen molar-refractivity contribution in [2.75, 3.05) is 11.1 Å². The molecule has 0 saturated heterocycles. The highest BCUT2D eigenvalue weighted by atomic mass is 32.2. The lowest BCUT2D eigenvalue weighted by Crippen LogP contribution is -2.22. The number of hydrogen-bond donors (Lipinski definition) is 2. The molecule has 0 aromatic heterocycles. The fourth-order valence-corrected chi connectivity index (χ4v) is 2.56. The predicted molar refractivity (Wildman–Crippen MR) is 81.2 cm³/mol. The molecule has 1 atom stereocenters. The van der Waals surface area contributed by atoms with Gasteiger partial charge < -0.3 is 11.1 Å². The normalized spacial score (nSPS) is 11.9. The molecular formula is C15H15FN2OS. The predicted octanol–water partition coefficient (Wildman–Crippen LogP) is 3.53. The SMILES string of the molecule is CC(Sc1cccc(N)c1)C(=O)Nc1ccc(F)cc1. The van der Waals surface area contributed by atoms with Crippen molar-refractivity contribution in [3.63, 3.8) is 0 Å². The molecule has 0 spiro atoms. The van der Waals surface area contributed by atoms with Gasteiger partial charge in [-0.25, -0.2) is 4.39 Å². The fraction of sp³-hybridized carbons (Fsp3) is 0.133. The Labute approximate surface area is 121 Å². The van der Waals surface area contributed by atoms with Crippen molar-refractivity contribution in [1.29, 1.82) is 0 Å². The molecule has 0 aliphatic heterocycles. The Morgan fingerprint density at radius 2 is 1.95 bits per heavy atom. The number of halogens is 1. The van der Waals surface area contributed by atoms with E-state index in [-0.39, 0.29) is 17.0 Å². The van der Waals surface area contributed by atoms with Gasteiger partial charge in [-0.05, 0) is 49.4 Å². The molecule has 3 nitrogen and oxygen atoms in total. The van der Waals surface area contributed by atoms with E-state index in [0.29, 0.717) is 11.4 Å². The van der Waals surface area contributed by atoms with Crippen LogP contribution >= 0.6 is 11.8 Å². The van der Waals surface area contributed by atoms with Gasteiger partial charge in [0.15, 0.2) is 0 Å². The topological polar surface area (TPSA) is 55.1 Å². The quantitative estimate of drug-likeness (QED) is 0.669. The molecule has 20 heavy (non-hydrogen) atoms. The summed E-state index contributed by atoms with van der Waals surface area (Å²) in [5.41, 5.74) is 6.95. The van der Waals surface area contributed by atoms with E-state index in [0.717, 1.165) is 4.90 Å². The molecular weight excluding hydrogens is 275 g/mol. The van der Waals surface area contributed by atoms with Crippen LogP contribution in [0.3, 0.4) is 0 Å². The van der Waals surface area contributed by atoms with Crippen LogP contribution in [-0.4, -0.2) is 11.2 Å². The van der Waals surface area contributed by atoms with Gasteiger partial charge in [-0.3, -0.25) is 4.79 Å². The van der Waals surface area contributed by atoms with E-state index in [1.165, 1.54) is 36.0 Å². The summed E-state index contributed by atoms with van der Waals surface area (Å²) in [5, 5.41) is 2.47. The lowest BCUT2D eigenvalue weighted by Gasteiger charge is -2.12. The Hall–Kier alpha value is -2.01. The van der Waals surface area contributed by atoms with Crippen molar-refractivity contribution in [3.05, 3.63) is 54.3 Å². The number of benzene rings is 2. The van der Waals surface area contributed by atoms with Gasteiger partial charge in [0.2, 0.25) is 5.91 Å². The molecule has 1 amide bonds. The van der Waals surface area contributed by atoms with Gasteiger partial charge >= 0.3 is 0 Å². The molecule has 0 bridgehead atoms. The van der Waals surface area contributed by atoms with Gasteiger partial charge in [-0.1, -0.05) is 6.07 Å². The molecule has 2 aromatic rings. The molecule has 2 rings (SSSR count). The maximum atomic E-state index is 12.8. The number of rotatable bonds is 4. The molecule has 3 N–H and O–H groups in total. The second-order valence-corrected chi connectivity index (χ2v) is 5.74. The van der Waals surface area contributed by atoms with E-state index in [2.05, 4.69) is 5.32 Å². The van der Waals surface area contributed by atoms with Crippen molar-refractivity contribution in [1.82, 2.24) is 0 Å². The smallest absolute Gasteiger partial charge is 0.237 e. The molecule has 2 aromatic carbocycles. The van der Waals surface area contributed by atoms with Crippen molar-refractivity contribution >= 4 is 29.0 Å². The van der Waals surface area contributed by atoms with E-state index >= 15 is 0 Å². The number of carbonyl (C=O) groups excluding carboxylic acids is 1. The Bertz CT molecular complexity index is 601. The minimum absolute atomic E-state index is 0.135. The van der Waals surface area contributed by atoms with Crippen LogP contribution in [0.25, 0.3) is 0 Å². The maximum absolute atomic E-state index is 12.8. The molecule has 0 saturated carbocycles. The minimum atomic E-state index is -0.329. The number of nitrogens with one attached hydrogen (secondary N) is 1. The zero-order chi connectivity index (χ0) is 14.5. The van der Waals surface area contributed by atoms with Crippen molar-refractivity contribution in [2.45, 2.75) is 17.1 Å². The van der Waals surface area contributed by atoms with Gasteiger partial charge in [0.1, 0.15) is 5.82 Å². The van der Waals surface area contributed by atoms with E-state index in [4.69, 9.17) is 5.73 Å². The van der Waals surface area contributed by atoms with E-state index in [9.17, 15) is 9.18 Å². The van der Waals surface area contributed by atoms with Crippen LogP contribution in [0, 0.1) is 5.82 Å². The van der Waals surface area contributed by atoms with Crippen molar-refractivity contribution in [3.8, 4) is 0 Å². The van der Waals surface area contributed by atoms with E-state index in [1.807, 2.05) is 25.1 Å². The number of carbonyl (C=O) groups is 1. The van der Waals surface area contributed by atoms with Gasteiger partial charge in [0.05, 0.1) is 5.25 Å². The van der Waals surface area contributed by atoms with Crippen LogP contribution in [-0.2, 0) is 4.79 Å². The fourth-order valence-electron chi connectivity index (χ4n) is 1.62. The third kappa shape index (κ3) is 3.99. The molecule has 0 radical (unpaired) electrons. The van der Waals surface area contributed by atoms with E-state index < -0.39 is 0 Å². The summed E-state index contributed by atoms with van der Waals surface area (Å²) in [7, 11) is 0. The number of amides is 1. The average Bonchev–Trinajstić information content (AvgIpc) is 2.41. The van der Waals surface area contributed by atoms with Gasteiger partial charge in [-0.15, -0.1) is 11.8 Å². The van der Waals surface area contributed by atoms with Crippen LogP contribution in [0.2, 0.25) is 0 Å². The van der Waals surface area contributed by atoms with Crippen molar-refractivity contribution in [2.24, 2.45) is 0 Å². The first-order valence-electron chi connectivity index (χ1n) is 6.13. The number of anilines is 2. The zero-order valence-corrected chi connectivity index (χ0v) is 11.8. The highest BCUT2D eigenvalue weighted by Gasteiger charge is 2.14. The molecule has 0 aliphatic rings. The highest BCUT2D eigenvalue weighted by molar-refractivity contribution is 8.00. The van der Waals surface area contributed by atoms with Crippen molar-refractivity contribution < 1.29 is 9.18 Å². The second-order valence-electron chi connectivity index (χ2n) is 4.33. The van der Waals surface area contributed by atoms with Gasteiger partial charge in [-0.2, -0.15) is 0 Å². The first-order chi connectivity index (χ1) is 9.54. The van der Waals surface area contributed by atoms with Gasteiger partial charge in [0.25, 0.3) is 0 Å².